The summed E-state index contributed by atoms with van der Waals surface area (Å²) in [6.07, 6.45) is 7.43. The van der Waals surface area contributed by atoms with Gasteiger partial charge in [0, 0.05) is 6.54 Å². The summed E-state index contributed by atoms with van der Waals surface area (Å²) in [6, 6.07) is 0.245. The van der Waals surface area contributed by atoms with Gasteiger partial charge in [-0.05, 0) is 53.4 Å². The molecule has 2 aliphatic rings. The van der Waals surface area contributed by atoms with Gasteiger partial charge in [-0.1, -0.05) is 12.8 Å². The van der Waals surface area contributed by atoms with Crippen molar-refractivity contribution in [3.8, 4) is 0 Å². The first-order chi connectivity index (χ1) is 8.77. The Kier molecular flexibility index (Phi) is 3.47. The highest BCUT2D eigenvalue weighted by molar-refractivity contribution is 9.10. The fourth-order valence-corrected chi connectivity index (χ4v) is 4.39. The zero-order valence-corrected chi connectivity index (χ0v) is 12.4. The Labute approximate surface area is 116 Å². The number of rotatable bonds is 4. The van der Waals surface area contributed by atoms with Crippen molar-refractivity contribution in [1.29, 1.82) is 0 Å². The number of halogens is 1. The van der Waals surface area contributed by atoms with Crippen molar-refractivity contribution in [3.05, 3.63) is 16.4 Å². The van der Waals surface area contributed by atoms with Crippen molar-refractivity contribution >= 4 is 15.9 Å². The molecule has 1 heterocycles. The van der Waals surface area contributed by atoms with Crippen LogP contribution < -0.4 is 11.3 Å². The number of hydrogen-bond acceptors (Lipinski definition) is 3. The first-order valence-corrected chi connectivity index (χ1v) is 7.74. The van der Waals surface area contributed by atoms with E-state index in [1.54, 1.807) is 0 Å². The van der Waals surface area contributed by atoms with Crippen molar-refractivity contribution in [2.45, 2.75) is 45.2 Å². The summed E-state index contributed by atoms with van der Waals surface area (Å²) in [5.74, 6) is 8.31. The van der Waals surface area contributed by atoms with Gasteiger partial charge in [0.15, 0.2) is 0 Å². The SMILES string of the molecule is CCn1ncc(Br)c1C(NN)C1C2CCCCC21. The summed E-state index contributed by atoms with van der Waals surface area (Å²) in [7, 11) is 0. The van der Waals surface area contributed by atoms with Gasteiger partial charge in [0.25, 0.3) is 0 Å². The Balaban J connectivity index is 1.86. The third kappa shape index (κ3) is 1.92. The zero-order chi connectivity index (χ0) is 12.7. The Hall–Kier alpha value is -0.390. The molecule has 4 nitrogen and oxygen atoms in total. The first-order valence-electron chi connectivity index (χ1n) is 6.95. The molecule has 0 aliphatic heterocycles. The lowest BCUT2D eigenvalue weighted by molar-refractivity contribution is 0.419. The molecule has 3 rings (SSSR count). The molecule has 0 saturated heterocycles. The fourth-order valence-electron chi connectivity index (χ4n) is 3.85. The van der Waals surface area contributed by atoms with Gasteiger partial charge in [-0.15, -0.1) is 0 Å². The summed E-state index contributed by atoms with van der Waals surface area (Å²) < 4.78 is 3.13. The minimum Gasteiger partial charge on any atom is -0.271 e. The molecule has 0 amide bonds. The minimum atomic E-state index is 0.245. The maximum atomic E-state index is 5.84. The average Bonchev–Trinajstić information content (AvgIpc) is 3.00. The zero-order valence-electron chi connectivity index (χ0n) is 10.8. The van der Waals surface area contributed by atoms with Crippen LogP contribution in [0.4, 0.5) is 0 Å². The van der Waals surface area contributed by atoms with Crippen molar-refractivity contribution in [2.24, 2.45) is 23.6 Å². The van der Waals surface area contributed by atoms with Gasteiger partial charge in [0.1, 0.15) is 0 Å². The van der Waals surface area contributed by atoms with E-state index >= 15 is 0 Å². The van der Waals surface area contributed by atoms with Crippen molar-refractivity contribution in [3.63, 3.8) is 0 Å². The molecular weight excluding hydrogens is 292 g/mol. The molecule has 2 aliphatic carbocycles. The molecule has 3 atom stereocenters. The predicted molar refractivity (Wildman–Crippen MR) is 74.6 cm³/mol. The summed E-state index contributed by atoms with van der Waals surface area (Å²) in [4.78, 5) is 0. The normalized spacial score (nSPS) is 32.1. The number of hydrogen-bond donors (Lipinski definition) is 2. The van der Waals surface area contributed by atoms with Crippen LogP contribution in [0.1, 0.15) is 44.3 Å². The molecule has 3 N–H and O–H groups in total. The number of nitrogens with one attached hydrogen (secondary N) is 1. The second-order valence-electron chi connectivity index (χ2n) is 5.53. The van der Waals surface area contributed by atoms with E-state index in [1.807, 2.05) is 6.20 Å². The van der Waals surface area contributed by atoms with Crippen molar-refractivity contribution in [2.75, 3.05) is 0 Å². The van der Waals surface area contributed by atoms with Crippen molar-refractivity contribution < 1.29 is 0 Å². The smallest absolute Gasteiger partial charge is 0.0712 e. The molecule has 100 valence electrons. The quantitative estimate of drug-likeness (QED) is 0.663. The summed E-state index contributed by atoms with van der Waals surface area (Å²) in [6.45, 7) is 3.01. The van der Waals surface area contributed by atoms with Gasteiger partial charge in [-0.25, -0.2) is 0 Å². The van der Waals surface area contributed by atoms with Gasteiger partial charge in [0.2, 0.25) is 0 Å². The van der Waals surface area contributed by atoms with Crippen LogP contribution in [0.3, 0.4) is 0 Å². The molecule has 0 aromatic carbocycles. The second-order valence-corrected chi connectivity index (χ2v) is 6.38. The predicted octanol–water partition coefficient (Wildman–Crippen LogP) is 2.61. The Bertz CT molecular complexity index is 419. The van der Waals surface area contributed by atoms with Gasteiger partial charge < -0.3 is 0 Å². The van der Waals surface area contributed by atoms with Crippen LogP contribution in [-0.2, 0) is 6.54 Å². The molecule has 5 heteroatoms. The number of hydrazine groups is 1. The lowest BCUT2D eigenvalue weighted by Gasteiger charge is -2.18. The molecule has 18 heavy (non-hydrogen) atoms. The summed E-state index contributed by atoms with van der Waals surface area (Å²) in [5, 5.41) is 4.40. The molecular formula is C13H21BrN4. The third-order valence-electron chi connectivity index (χ3n) is 4.71. The second kappa shape index (κ2) is 4.94. The van der Waals surface area contributed by atoms with Crippen LogP contribution in [0.25, 0.3) is 0 Å². The van der Waals surface area contributed by atoms with Gasteiger partial charge in [0.05, 0.1) is 22.4 Å². The van der Waals surface area contributed by atoms with Gasteiger partial charge >= 0.3 is 0 Å². The maximum Gasteiger partial charge on any atom is 0.0712 e. The summed E-state index contributed by atoms with van der Waals surface area (Å²) in [5.41, 5.74) is 4.27. The standard InChI is InChI=1S/C13H21BrN4/c1-2-18-13(10(14)7-16-18)12(17-15)11-8-5-3-4-6-9(8)11/h7-9,11-12,17H,2-6,15H2,1H3. The van der Waals surface area contributed by atoms with E-state index in [0.717, 1.165) is 22.9 Å². The first kappa shape index (κ1) is 12.6. The van der Waals surface area contributed by atoms with Crippen LogP contribution >= 0.6 is 15.9 Å². The van der Waals surface area contributed by atoms with E-state index in [9.17, 15) is 0 Å². The number of nitrogens with two attached hydrogens (primary N) is 1. The Morgan fingerprint density at radius 2 is 2.17 bits per heavy atom. The molecule has 1 aromatic heterocycles. The molecule has 2 saturated carbocycles. The van der Waals surface area contributed by atoms with Gasteiger partial charge in [-0.2, -0.15) is 5.10 Å². The number of aryl methyl sites for hydroxylation is 1. The van der Waals surface area contributed by atoms with Crippen molar-refractivity contribution in [1.82, 2.24) is 15.2 Å². The highest BCUT2D eigenvalue weighted by Gasteiger charge is 2.55. The molecule has 0 bridgehead atoms. The molecule has 2 fully saturated rings. The topological polar surface area (TPSA) is 55.9 Å². The van der Waals surface area contributed by atoms with E-state index in [1.165, 1.54) is 31.4 Å². The number of fused-ring (bicyclic) bond motifs is 1. The van der Waals surface area contributed by atoms with Crippen LogP contribution in [0.2, 0.25) is 0 Å². The van der Waals surface area contributed by atoms with Crippen LogP contribution in [0.15, 0.2) is 10.7 Å². The largest absolute Gasteiger partial charge is 0.271 e. The Morgan fingerprint density at radius 1 is 1.50 bits per heavy atom. The monoisotopic (exact) mass is 312 g/mol. The van der Waals surface area contributed by atoms with E-state index in [2.05, 4.69) is 38.1 Å². The molecule has 0 spiro atoms. The van der Waals surface area contributed by atoms with E-state index in [4.69, 9.17) is 5.84 Å². The van der Waals surface area contributed by atoms with Crippen LogP contribution in [0.5, 0.6) is 0 Å². The lowest BCUT2D eigenvalue weighted by Crippen LogP contribution is -2.32. The number of nitrogens with zero attached hydrogens (tertiary/aromatic N) is 2. The molecule has 0 radical (unpaired) electrons. The summed E-state index contributed by atoms with van der Waals surface area (Å²) >= 11 is 3.62. The lowest BCUT2D eigenvalue weighted by atomic mass is 10.0. The minimum absolute atomic E-state index is 0.245. The highest BCUT2D eigenvalue weighted by Crippen LogP contribution is 2.60. The van der Waals surface area contributed by atoms with Gasteiger partial charge in [-0.3, -0.25) is 16.0 Å². The van der Waals surface area contributed by atoms with Crippen LogP contribution in [0, 0.1) is 17.8 Å². The molecule has 3 unspecified atom stereocenters. The number of aromatic nitrogens is 2. The fraction of sp³-hybridized carbons (Fsp3) is 0.769. The van der Waals surface area contributed by atoms with E-state index < -0.39 is 0 Å². The van der Waals surface area contributed by atoms with E-state index in [0.29, 0.717) is 5.92 Å². The maximum absolute atomic E-state index is 5.84. The highest BCUT2D eigenvalue weighted by atomic mass is 79.9. The van der Waals surface area contributed by atoms with Crippen LogP contribution in [-0.4, -0.2) is 9.78 Å². The van der Waals surface area contributed by atoms with E-state index in [-0.39, 0.29) is 6.04 Å². The molecule has 1 aromatic rings. The average molecular weight is 313 g/mol. The Morgan fingerprint density at radius 3 is 2.72 bits per heavy atom. The third-order valence-corrected chi connectivity index (χ3v) is 5.33.